The first-order valence-corrected chi connectivity index (χ1v) is 10.6. The number of amides is 2. The van der Waals surface area contributed by atoms with Crippen LogP contribution in [0.15, 0.2) is 55.1 Å². The van der Waals surface area contributed by atoms with Crippen LogP contribution in [0.1, 0.15) is 12.5 Å². The maximum Gasteiger partial charge on any atom is 0.240 e. The molecule has 0 saturated carbocycles. The molecule has 2 amide bonds. The molecule has 0 unspecified atom stereocenters. The van der Waals surface area contributed by atoms with Crippen LogP contribution in [-0.2, 0) is 9.59 Å². The third kappa shape index (κ3) is 4.38. The highest BCUT2D eigenvalue weighted by Crippen LogP contribution is 2.36. The molecule has 0 atom stereocenters. The number of nitrogens with zero attached hydrogens (tertiary/aromatic N) is 5. The van der Waals surface area contributed by atoms with Crippen LogP contribution in [0.25, 0.3) is 22.2 Å². The number of para-hydroxylation sites is 1. The molecule has 0 aliphatic heterocycles. The zero-order chi connectivity index (χ0) is 23.4. The van der Waals surface area contributed by atoms with Gasteiger partial charge in [-0.1, -0.05) is 12.1 Å². The number of anilines is 3. The summed E-state index contributed by atoms with van der Waals surface area (Å²) < 4.78 is 0. The fraction of sp³-hybridized carbons (Fsp3) is 0.208. The molecule has 4 rings (SSSR count). The standard InChI is InChI=1S/C24H25N7O2/c1-4-26-23(33)14-31(15-32)22-7-5-6-16(2)24(22)30(3)17-8-9-20(27-10-17)18-11-25-13-21-19(18)12-28-29-21/h5-13,15H,4,14H2,1-3H3,(H,26,33)(H,28,29). The Kier molecular flexibility index (Phi) is 6.30. The lowest BCUT2D eigenvalue weighted by Gasteiger charge is -2.28. The number of likely N-dealkylation sites (N-methyl/N-ethyl adjacent to an activating group) is 1. The molecule has 3 heterocycles. The van der Waals surface area contributed by atoms with E-state index in [-0.39, 0.29) is 12.5 Å². The highest BCUT2D eigenvalue weighted by molar-refractivity contribution is 5.94. The van der Waals surface area contributed by atoms with Gasteiger partial charge in [0.1, 0.15) is 6.54 Å². The minimum absolute atomic E-state index is 0.0550. The van der Waals surface area contributed by atoms with E-state index < -0.39 is 0 Å². The smallest absolute Gasteiger partial charge is 0.240 e. The third-order valence-corrected chi connectivity index (χ3v) is 5.45. The fourth-order valence-corrected chi connectivity index (χ4v) is 3.84. The van der Waals surface area contributed by atoms with Crippen molar-refractivity contribution in [1.82, 2.24) is 25.5 Å². The van der Waals surface area contributed by atoms with Gasteiger partial charge in [-0.15, -0.1) is 0 Å². The number of benzene rings is 1. The summed E-state index contributed by atoms with van der Waals surface area (Å²) >= 11 is 0. The zero-order valence-corrected chi connectivity index (χ0v) is 18.7. The van der Waals surface area contributed by atoms with Gasteiger partial charge in [0.25, 0.3) is 0 Å². The average molecular weight is 444 g/mol. The second kappa shape index (κ2) is 9.47. The van der Waals surface area contributed by atoms with Crippen LogP contribution in [0.5, 0.6) is 0 Å². The van der Waals surface area contributed by atoms with Gasteiger partial charge in [-0.25, -0.2) is 0 Å². The number of hydrogen-bond acceptors (Lipinski definition) is 6. The lowest BCUT2D eigenvalue weighted by molar-refractivity contribution is -0.120. The quantitative estimate of drug-likeness (QED) is 0.405. The van der Waals surface area contributed by atoms with Crippen LogP contribution >= 0.6 is 0 Å². The zero-order valence-electron chi connectivity index (χ0n) is 18.7. The van der Waals surface area contributed by atoms with Crippen LogP contribution in [0, 0.1) is 6.92 Å². The largest absolute Gasteiger partial charge is 0.355 e. The van der Waals surface area contributed by atoms with Crippen LogP contribution < -0.4 is 15.1 Å². The number of fused-ring (bicyclic) bond motifs is 1. The molecule has 0 radical (unpaired) electrons. The molecule has 0 bridgehead atoms. The van der Waals surface area contributed by atoms with Gasteiger partial charge in [0.05, 0.1) is 46.9 Å². The predicted molar refractivity (Wildman–Crippen MR) is 128 cm³/mol. The van der Waals surface area contributed by atoms with E-state index in [0.717, 1.165) is 39.1 Å². The van der Waals surface area contributed by atoms with Gasteiger partial charge >= 0.3 is 0 Å². The van der Waals surface area contributed by atoms with Gasteiger partial charge < -0.3 is 15.1 Å². The van der Waals surface area contributed by atoms with Crippen LogP contribution in [0.2, 0.25) is 0 Å². The van der Waals surface area contributed by atoms with Crippen LogP contribution in [-0.4, -0.2) is 52.6 Å². The number of rotatable bonds is 8. The molecule has 3 aromatic heterocycles. The number of carbonyl (C=O) groups is 2. The van der Waals surface area contributed by atoms with E-state index in [1.165, 1.54) is 4.90 Å². The monoisotopic (exact) mass is 443 g/mol. The van der Waals surface area contributed by atoms with Gasteiger partial charge in [0.15, 0.2) is 0 Å². The predicted octanol–water partition coefficient (Wildman–Crippen LogP) is 3.20. The molecule has 0 fully saturated rings. The molecule has 0 aliphatic carbocycles. The Morgan fingerprint density at radius 3 is 2.73 bits per heavy atom. The van der Waals surface area contributed by atoms with E-state index in [9.17, 15) is 9.59 Å². The fourth-order valence-electron chi connectivity index (χ4n) is 3.84. The Labute approximate surface area is 191 Å². The SMILES string of the molecule is CCNC(=O)CN(C=O)c1cccc(C)c1N(C)c1ccc(-c2cncc3[nH]ncc23)nc1. The van der Waals surface area contributed by atoms with E-state index in [4.69, 9.17) is 0 Å². The summed E-state index contributed by atoms with van der Waals surface area (Å²) in [6.07, 6.45) is 7.72. The molecule has 4 aromatic rings. The van der Waals surface area contributed by atoms with E-state index in [1.807, 2.05) is 56.1 Å². The van der Waals surface area contributed by atoms with Gasteiger partial charge in [-0.05, 0) is 37.6 Å². The van der Waals surface area contributed by atoms with Gasteiger partial charge in [0, 0.05) is 30.7 Å². The molecule has 2 N–H and O–H groups in total. The van der Waals surface area contributed by atoms with Crippen molar-refractivity contribution in [3.05, 3.63) is 60.7 Å². The number of H-pyrrole nitrogens is 1. The summed E-state index contributed by atoms with van der Waals surface area (Å²) in [7, 11) is 1.91. The van der Waals surface area contributed by atoms with Crippen molar-refractivity contribution < 1.29 is 9.59 Å². The Morgan fingerprint density at radius 1 is 1.15 bits per heavy atom. The minimum Gasteiger partial charge on any atom is -0.355 e. The highest BCUT2D eigenvalue weighted by Gasteiger charge is 2.19. The summed E-state index contributed by atoms with van der Waals surface area (Å²) in [4.78, 5) is 36.3. The maximum absolute atomic E-state index is 12.1. The Bertz CT molecular complexity index is 1280. The third-order valence-electron chi connectivity index (χ3n) is 5.45. The Balaban J connectivity index is 1.67. The summed E-state index contributed by atoms with van der Waals surface area (Å²) in [5.41, 5.74) is 5.79. The summed E-state index contributed by atoms with van der Waals surface area (Å²) in [6.45, 7) is 4.26. The molecule has 33 heavy (non-hydrogen) atoms. The second-order valence-electron chi connectivity index (χ2n) is 7.61. The number of aromatic amines is 1. The molecular weight excluding hydrogens is 418 g/mol. The van der Waals surface area contributed by atoms with Gasteiger partial charge in [-0.3, -0.25) is 24.7 Å². The van der Waals surface area contributed by atoms with E-state index in [2.05, 4.69) is 25.5 Å². The van der Waals surface area contributed by atoms with Crippen molar-refractivity contribution in [3.8, 4) is 11.3 Å². The van der Waals surface area contributed by atoms with E-state index >= 15 is 0 Å². The van der Waals surface area contributed by atoms with Crippen molar-refractivity contribution in [2.45, 2.75) is 13.8 Å². The summed E-state index contributed by atoms with van der Waals surface area (Å²) in [5, 5.41) is 10.7. The number of hydrogen-bond donors (Lipinski definition) is 2. The molecule has 0 aliphatic rings. The molecule has 9 heteroatoms. The number of aromatic nitrogens is 4. The maximum atomic E-state index is 12.1. The van der Waals surface area contributed by atoms with Crippen molar-refractivity contribution in [2.75, 3.05) is 29.9 Å². The number of nitrogens with one attached hydrogen (secondary N) is 2. The van der Waals surface area contributed by atoms with E-state index in [1.54, 1.807) is 24.8 Å². The molecule has 0 saturated heterocycles. The first-order chi connectivity index (χ1) is 16.0. The Hall–Kier alpha value is -4.27. The average Bonchev–Trinajstić information content (AvgIpc) is 3.31. The van der Waals surface area contributed by atoms with Crippen molar-refractivity contribution >= 4 is 40.3 Å². The lowest BCUT2D eigenvalue weighted by atomic mass is 10.1. The minimum atomic E-state index is -0.215. The normalized spacial score (nSPS) is 10.8. The molecule has 0 spiro atoms. The van der Waals surface area contributed by atoms with Gasteiger partial charge in [0.2, 0.25) is 12.3 Å². The van der Waals surface area contributed by atoms with E-state index in [0.29, 0.717) is 18.6 Å². The first kappa shape index (κ1) is 21.9. The first-order valence-electron chi connectivity index (χ1n) is 10.6. The molecular formula is C24H25N7O2. The topological polar surface area (TPSA) is 107 Å². The molecule has 9 nitrogen and oxygen atoms in total. The number of carbonyl (C=O) groups excluding carboxylic acids is 2. The van der Waals surface area contributed by atoms with Crippen LogP contribution in [0.3, 0.4) is 0 Å². The number of aryl methyl sites for hydroxylation is 1. The number of pyridine rings is 2. The molecule has 1 aromatic carbocycles. The highest BCUT2D eigenvalue weighted by atomic mass is 16.2. The molecule has 168 valence electrons. The van der Waals surface area contributed by atoms with Crippen molar-refractivity contribution in [1.29, 1.82) is 0 Å². The van der Waals surface area contributed by atoms with Gasteiger partial charge in [-0.2, -0.15) is 5.10 Å². The van der Waals surface area contributed by atoms with Crippen molar-refractivity contribution in [2.24, 2.45) is 0 Å². The van der Waals surface area contributed by atoms with Crippen LogP contribution in [0.4, 0.5) is 17.1 Å². The Morgan fingerprint density at radius 2 is 2.00 bits per heavy atom. The summed E-state index contributed by atoms with van der Waals surface area (Å²) in [6, 6.07) is 9.57. The second-order valence-corrected chi connectivity index (χ2v) is 7.61. The summed E-state index contributed by atoms with van der Waals surface area (Å²) in [5.74, 6) is -0.215. The van der Waals surface area contributed by atoms with Crippen molar-refractivity contribution in [3.63, 3.8) is 0 Å². The lowest BCUT2D eigenvalue weighted by Crippen LogP contribution is -2.37.